The fraction of sp³-hybridized carbons (Fsp3) is 0.619. The molecule has 1 aliphatic carbocycles. The van der Waals surface area contributed by atoms with Gasteiger partial charge in [0.05, 0.1) is 0 Å². The van der Waals surface area contributed by atoms with E-state index >= 15 is 0 Å². The van der Waals surface area contributed by atoms with Crippen LogP contribution in [0.5, 0.6) is 11.5 Å². The van der Waals surface area contributed by atoms with Gasteiger partial charge in [0.1, 0.15) is 13.2 Å². The lowest BCUT2D eigenvalue weighted by molar-refractivity contribution is -0.128. The number of anilines is 1. The van der Waals surface area contributed by atoms with Crippen molar-refractivity contribution >= 4 is 17.5 Å². The summed E-state index contributed by atoms with van der Waals surface area (Å²) in [6, 6.07) is 5.46. The van der Waals surface area contributed by atoms with Gasteiger partial charge in [-0.15, -0.1) is 0 Å². The molecule has 0 aromatic heterocycles. The monoisotopic (exact) mass is 374 g/mol. The number of hydrogen-bond donors (Lipinski definition) is 2. The summed E-state index contributed by atoms with van der Waals surface area (Å²) in [5.41, 5.74) is 0.720. The fourth-order valence-electron chi connectivity index (χ4n) is 3.61. The molecule has 0 bridgehead atoms. The van der Waals surface area contributed by atoms with Gasteiger partial charge in [-0.3, -0.25) is 9.59 Å². The van der Waals surface area contributed by atoms with Crippen molar-refractivity contribution in [2.45, 2.75) is 46.0 Å². The number of amides is 2. The number of nitrogens with one attached hydrogen (secondary N) is 2. The van der Waals surface area contributed by atoms with Crippen molar-refractivity contribution in [3.8, 4) is 11.5 Å². The van der Waals surface area contributed by atoms with Gasteiger partial charge in [0, 0.05) is 30.1 Å². The van der Waals surface area contributed by atoms with Gasteiger partial charge in [0.25, 0.3) is 0 Å². The maximum atomic E-state index is 12.6. The predicted molar refractivity (Wildman–Crippen MR) is 104 cm³/mol. The summed E-state index contributed by atoms with van der Waals surface area (Å²) in [5, 5.41) is 6.01. The van der Waals surface area contributed by atoms with E-state index in [0.717, 1.165) is 44.3 Å². The second-order valence-corrected chi connectivity index (χ2v) is 7.87. The first kappa shape index (κ1) is 19.5. The second kappa shape index (κ2) is 9.11. The van der Waals surface area contributed by atoms with Crippen LogP contribution in [0.4, 0.5) is 5.69 Å². The van der Waals surface area contributed by atoms with E-state index in [1.807, 2.05) is 12.1 Å². The Balaban J connectivity index is 1.45. The van der Waals surface area contributed by atoms with Crippen molar-refractivity contribution < 1.29 is 19.1 Å². The van der Waals surface area contributed by atoms with E-state index in [1.165, 1.54) is 0 Å². The largest absolute Gasteiger partial charge is 0.486 e. The molecule has 1 aromatic carbocycles. The number of hydrogen-bond acceptors (Lipinski definition) is 4. The lowest BCUT2D eigenvalue weighted by Gasteiger charge is -2.27. The number of carbonyl (C=O) groups is 2. The third-order valence-electron chi connectivity index (χ3n) is 5.30. The van der Waals surface area contributed by atoms with Crippen LogP contribution in [0.2, 0.25) is 0 Å². The summed E-state index contributed by atoms with van der Waals surface area (Å²) in [4.78, 5) is 24.8. The van der Waals surface area contributed by atoms with E-state index in [2.05, 4.69) is 24.5 Å². The predicted octanol–water partition coefficient (Wildman–Crippen LogP) is 3.37. The number of fused-ring (bicyclic) bond motifs is 1. The Morgan fingerprint density at radius 3 is 2.30 bits per heavy atom. The first-order valence-electron chi connectivity index (χ1n) is 10.0. The highest BCUT2D eigenvalue weighted by atomic mass is 16.6. The van der Waals surface area contributed by atoms with Crippen LogP contribution in [0.1, 0.15) is 46.0 Å². The zero-order chi connectivity index (χ0) is 19.2. The summed E-state index contributed by atoms with van der Waals surface area (Å²) in [6.45, 7) is 6.11. The van der Waals surface area contributed by atoms with E-state index in [1.54, 1.807) is 6.07 Å². The minimum Gasteiger partial charge on any atom is -0.486 e. The molecule has 1 aromatic rings. The topological polar surface area (TPSA) is 76.7 Å². The van der Waals surface area contributed by atoms with Gasteiger partial charge in [0.15, 0.2) is 11.5 Å². The zero-order valence-corrected chi connectivity index (χ0v) is 16.3. The molecular weight excluding hydrogens is 344 g/mol. The third-order valence-corrected chi connectivity index (χ3v) is 5.30. The summed E-state index contributed by atoms with van der Waals surface area (Å²) in [5.74, 6) is 2.12. The Hall–Kier alpha value is -2.24. The minimum atomic E-state index is -0.0436. The van der Waals surface area contributed by atoms with Gasteiger partial charge in [-0.1, -0.05) is 13.8 Å². The minimum absolute atomic E-state index is 0.0188. The third kappa shape index (κ3) is 5.37. The van der Waals surface area contributed by atoms with Gasteiger partial charge in [-0.25, -0.2) is 0 Å². The van der Waals surface area contributed by atoms with Crippen LogP contribution >= 0.6 is 0 Å². The quantitative estimate of drug-likeness (QED) is 0.800. The standard InChI is InChI=1S/C21H30N2O4/c1-14(2)9-10-22-20(24)15-3-5-16(6-4-15)21(25)23-17-7-8-18-19(13-17)27-12-11-26-18/h7-8,13-16H,3-6,9-12H2,1-2H3,(H,22,24)(H,23,25). The molecule has 1 fully saturated rings. The molecule has 0 saturated heterocycles. The van der Waals surface area contributed by atoms with Crippen molar-refractivity contribution in [2.24, 2.45) is 17.8 Å². The van der Waals surface area contributed by atoms with E-state index in [-0.39, 0.29) is 23.7 Å². The Morgan fingerprint density at radius 1 is 1.00 bits per heavy atom. The molecule has 3 rings (SSSR count). The molecule has 148 valence electrons. The maximum Gasteiger partial charge on any atom is 0.227 e. The van der Waals surface area contributed by atoms with Crippen LogP contribution in [0.25, 0.3) is 0 Å². The molecule has 2 aliphatic rings. The van der Waals surface area contributed by atoms with E-state index in [0.29, 0.717) is 30.6 Å². The van der Waals surface area contributed by atoms with Crippen LogP contribution in [-0.2, 0) is 9.59 Å². The van der Waals surface area contributed by atoms with Crippen LogP contribution < -0.4 is 20.1 Å². The van der Waals surface area contributed by atoms with E-state index in [9.17, 15) is 9.59 Å². The lowest BCUT2D eigenvalue weighted by Crippen LogP contribution is -2.36. The van der Waals surface area contributed by atoms with Crippen molar-refractivity contribution in [2.75, 3.05) is 25.1 Å². The Morgan fingerprint density at radius 2 is 1.63 bits per heavy atom. The molecule has 2 amide bonds. The average Bonchev–Trinajstić information content (AvgIpc) is 2.67. The maximum absolute atomic E-state index is 12.6. The second-order valence-electron chi connectivity index (χ2n) is 7.87. The Kier molecular flexibility index (Phi) is 6.58. The first-order chi connectivity index (χ1) is 13.0. The Bertz CT molecular complexity index is 666. The van der Waals surface area contributed by atoms with Gasteiger partial charge < -0.3 is 20.1 Å². The number of carbonyl (C=O) groups excluding carboxylic acids is 2. The zero-order valence-electron chi connectivity index (χ0n) is 16.3. The summed E-state index contributed by atoms with van der Waals surface area (Å²) in [7, 11) is 0. The van der Waals surface area contributed by atoms with Crippen LogP contribution in [-0.4, -0.2) is 31.6 Å². The first-order valence-corrected chi connectivity index (χ1v) is 10.0. The summed E-state index contributed by atoms with van der Waals surface area (Å²) >= 11 is 0. The van der Waals surface area contributed by atoms with Crippen molar-refractivity contribution in [3.63, 3.8) is 0 Å². The van der Waals surface area contributed by atoms with E-state index < -0.39 is 0 Å². The Labute approximate surface area is 161 Å². The van der Waals surface area contributed by atoms with E-state index in [4.69, 9.17) is 9.47 Å². The summed E-state index contributed by atoms with van der Waals surface area (Å²) < 4.78 is 11.1. The lowest BCUT2D eigenvalue weighted by atomic mass is 9.81. The fourth-order valence-corrected chi connectivity index (χ4v) is 3.61. The SMILES string of the molecule is CC(C)CCNC(=O)C1CCC(C(=O)Nc2ccc3c(c2)OCCO3)CC1. The number of benzene rings is 1. The highest BCUT2D eigenvalue weighted by molar-refractivity contribution is 5.93. The molecule has 1 heterocycles. The van der Waals surface area contributed by atoms with Crippen molar-refractivity contribution in [3.05, 3.63) is 18.2 Å². The molecule has 6 nitrogen and oxygen atoms in total. The van der Waals surface area contributed by atoms with Gasteiger partial charge in [-0.2, -0.15) is 0 Å². The molecule has 2 N–H and O–H groups in total. The summed E-state index contributed by atoms with van der Waals surface area (Å²) in [6.07, 6.45) is 4.04. The molecule has 0 radical (unpaired) electrons. The smallest absolute Gasteiger partial charge is 0.227 e. The van der Waals surface area contributed by atoms with Crippen molar-refractivity contribution in [1.29, 1.82) is 0 Å². The van der Waals surface area contributed by atoms with Crippen molar-refractivity contribution in [1.82, 2.24) is 5.32 Å². The molecule has 0 unspecified atom stereocenters. The van der Waals surface area contributed by atoms with Crippen LogP contribution in [0.15, 0.2) is 18.2 Å². The molecule has 1 saturated carbocycles. The van der Waals surface area contributed by atoms with Gasteiger partial charge >= 0.3 is 0 Å². The van der Waals surface area contributed by atoms with Crippen LogP contribution in [0, 0.1) is 17.8 Å². The molecule has 1 aliphatic heterocycles. The average molecular weight is 374 g/mol. The highest BCUT2D eigenvalue weighted by Crippen LogP contribution is 2.34. The van der Waals surface area contributed by atoms with Gasteiger partial charge in [0.2, 0.25) is 11.8 Å². The molecule has 6 heteroatoms. The molecule has 0 spiro atoms. The number of rotatable bonds is 6. The molecular formula is C21H30N2O4. The number of ether oxygens (including phenoxy) is 2. The van der Waals surface area contributed by atoms with Gasteiger partial charge in [-0.05, 0) is 50.2 Å². The molecule has 27 heavy (non-hydrogen) atoms. The normalized spacial score (nSPS) is 21.6. The van der Waals surface area contributed by atoms with Crippen LogP contribution in [0.3, 0.4) is 0 Å². The highest BCUT2D eigenvalue weighted by Gasteiger charge is 2.30. The molecule has 0 atom stereocenters.